The Hall–Kier alpha value is -1.88. The summed E-state index contributed by atoms with van der Waals surface area (Å²) in [4.78, 5) is 4.46. The topological polar surface area (TPSA) is 60.2 Å². The molecule has 2 aromatic rings. The molecular weight excluding hydrogens is 230 g/mol. The van der Waals surface area contributed by atoms with Crippen LogP contribution in [0.2, 0.25) is 0 Å². The highest BCUT2D eigenvalue weighted by atomic mass is 16.5. The summed E-state index contributed by atoms with van der Waals surface area (Å²) < 4.78 is 10.5. The lowest BCUT2D eigenvalue weighted by Crippen LogP contribution is -2.08. The van der Waals surface area contributed by atoms with Crippen molar-refractivity contribution in [2.45, 2.75) is 12.3 Å². The van der Waals surface area contributed by atoms with E-state index in [-0.39, 0.29) is 0 Å². The van der Waals surface area contributed by atoms with Crippen molar-refractivity contribution in [3.8, 4) is 17.2 Å². The van der Waals surface area contributed by atoms with Crippen molar-refractivity contribution in [2.75, 3.05) is 20.2 Å². The third kappa shape index (κ3) is 2.09. The number of nitrogens with zero attached hydrogens (tertiary/aromatic N) is 2. The van der Waals surface area contributed by atoms with E-state index in [4.69, 9.17) is 9.26 Å². The van der Waals surface area contributed by atoms with Crippen LogP contribution in [0.25, 0.3) is 11.5 Å². The summed E-state index contributed by atoms with van der Waals surface area (Å²) in [6.45, 7) is 1.95. The van der Waals surface area contributed by atoms with Gasteiger partial charge in [0.25, 0.3) is 5.89 Å². The van der Waals surface area contributed by atoms with Crippen LogP contribution >= 0.6 is 0 Å². The number of nitrogens with one attached hydrogen (secondary N) is 1. The van der Waals surface area contributed by atoms with Crippen LogP contribution in [0.3, 0.4) is 0 Å². The summed E-state index contributed by atoms with van der Waals surface area (Å²) >= 11 is 0. The molecule has 2 heterocycles. The number of benzene rings is 1. The molecule has 18 heavy (non-hydrogen) atoms. The van der Waals surface area contributed by atoms with Crippen molar-refractivity contribution in [1.29, 1.82) is 0 Å². The Morgan fingerprint density at radius 1 is 1.44 bits per heavy atom. The van der Waals surface area contributed by atoms with E-state index < -0.39 is 0 Å². The number of aromatic nitrogens is 2. The molecule has 94 valence electrons. The molecule has 1 fully saturated rings. The van der Waals surface area contributed by atoms with Crippen LogP contribution in [-0.2, 0) is 0 Å². The van der Waals surface area contributed by atoms with Crippen molar-refractivity contribution in [3.63, 3.8) is 0 Å². The largest absolute Gasteiger partial charge is 0.497 e. The summed E-state index contributed by atoms with van der Waals surface area (Å²) in [6, 6.07) is 7.63. The zero-order valence-corrected chi connectivity index (χ0v) is 10.2. The molecule has 0 radical (unpaired) electrons. The molecule has 1 N–H and O–H groups in total. The van der Waals surface area contributed by atoms with Crippen molar-refractivity contribution in [2.24, 2.45) is 0 Å². The van der Waals surface area contributed by atoms with E-state index in [1.165, 1.54) is 0 Å². The Morgan fingerprint density at radius 3 is 3.17 bits per heavy atom. The third-order valence-electron chi connectivity index (χ3n) is 3.18. The molecule has 3 rings (SSSR count). The fourth-order valence-corrected chi connectivity index (χ4v) is 2.15. The number of rotatable bonds is 3. The average Bonchev–Trinajstić information content (AvgIpc) is 3.09. The number of hydrogen-bond acceptors (Lipinski definition) is 5. The lowest BCUT2D eigenvalue weighted by Gasteiger charge is -2.00. The maximum Gasteiger partial charge on any atom is 0.258 e. The van der Waals surface area contributed by atoms with Gasteiger partial charge in [0.05, 0.1) is 7.11 Å². The van der Waals surface area contributed by atoms with Gasteiger partial charge >= 0.3 is 0 Å². The first-order chi connectivity index (χ1) is 8.86. The van der Waals surface area contributed by atoms with Gasteiger partial charge < -0.3 is 14.6 Å². The second kappa shape index (κ2) is 4.78. The van der Waals surface area contributed by atoms with E-state index in [1.807, 2.05) is 24.3 Å². The van der Waals surface area contributed by atoms with Gasteiger partial charge in [0.15, 0.2) is 5.82 Å². The summed E-state index contributed by atoms with van der Waals surface area (Å²) in [5, 5.41) is 7.36. The van der Waals surface area contributed by atoms with Crippen LogP contribution in [0.15, 0.2) is 28.8 Å². The van der Waals surface area contributed by atoms with Crippen LogP contribution in [0.4, 0.5) is 0 Å². The molecule has 0 saturated carbocycles. The highest BCUT2D eigenvalue weighted by Crippen LogP contribution is 2.25. The smallest absolute Gasteiger partial charge is 0.258 e. The maximum absolute atomic E-state index is 5.32. The SMILES string of the molecule is COc1cccc(-c2nc(C3CCNC3)no2)c1. The summed E-state index contributed by atoms with van der Waals surface area (Å²) in [7, 11) is 1.64. The molecule has 0 amide bonds. The van der Waals surface area contributed by atoms with Gasteiger partial charge in [0, 0.05) is 18.0 Å². The van der Waals surface area contributed by atoms with Gasteiger partial charge in [0.1, 0.15) is 5.75 Å². The van der Waals surface area contributed by atoms with E-state index in [0.29, 0.717) is 11.8 Å². The van der Waals surface area contributed by atoms with Crippen LogP contribution in [0.1, 0.15) is 18.2 Å². The Morgan fingerprint density at radius 2 is 2.39 bits per heavy atom. The molecule has 1 aliphatic heterocycles. The van der Waals surface area contributed by atoms with Crippen LogP contribution < -0.4 is 10.1 Å². The molecule has 0 bridgehead atoms. The molecule has 1 saturated heterocycles. The van der Waals surface area contributed by atoms with Gasteiger partial charge in [-0.25, -0.2) is 0 Å². The minimum atomic E-state index is 0.369. The zero-order chi connectivity index (χ0) is 12.4. The molecule has 0 spiro atoms. The fraction of sp³-hybridized carbons (Fsp3) is 0.385. The minimum absolute atomic E-state index is 0.369. The van der Waals surface area contributed by atoms with Crippen molar-refractivity contribution in [1.82, 2.24) is 15.5 Å². The predicted octanol–water partition coefficient (Wildman–Crippen LogP) is 1.82. The Kier molecular flexibility index (Phi) is 2.98. The summed E-state index contributed by atoms with van der Waals surface area (Å²) in [6.07, 6.45) is 1.07. The first kappa shape index (κ1) is 11.2. The van der Waals surface area contributed by atoms with Gasteiger partial charge in [-0.05, 0) is 31.2 Å². The first-order valence-electron chi connectivity index (χ1n) is 6.05. The average molecular weight is 245 g/mol. The van der Waals surface area contributed by atoms with E-state index in [0.717, 1.165) is 36.6 Å². The fourth-order valence-electron chi connectivity index (χ4n) is 2.15. The van der Waals surface area contributed by atoms with Crippen molar-refractivity contribution < 1.29 is 9.26 Å². The normalized spacial score (nSPS) is 19.1. The molecule has 1 unspecified atom stereocenters. The Bertz CT molecular complexity index is 533. The van der Waals surface area contributed by atoms with Gasteiger partial charge in [0.2, 0.25) is 0 Å². The highest BCUT2D eigenvalue weighted by molar-refractivity contribution is 5.55. The molecule has 1 aromatic carbocycles. The number of ether oxygens (including phenoxy) is 1. The van der Waals surface area contributed by atoms with Crippen molar-refractivity contribution >= 4 is 0 Å². The third-order valence-corrected chi connectivity index (χ3v) is 3.18. The number of methoxy groups -OCH3 is 1. The molecular formula is C13H15N3O2. The van der Waals surface area contributed by atoms with E-state index >= 15 is 0 Å². The molecule has 1 atom stereocenters. The Labute approximate surface area is 105 Å². The zero-order valence-electron chi connectivity index (χ0n) is 10.2. The predicted molar refractivity (Wildman–Crippen MR) is 66.5 cm³/mol. The highest BCUT2D eigenvalue weighted by Gasteiger charge is 2.22. The Balaban J connectivity index is 1.87. The molecule has 5 nitrogen and oxygen atoms in total. The molecule has 1 aromatic heterocycles. The first-order valence-corrected chi connectivity index (χ1v) is 6.05. The van der Waals surface area contributed by atoms with E-state index in [1.54, 1.807) is 7.11 Å². The van der Waals surface area contributed by atoms with E-state index in [9.17, 15) is 0 Å². The van der Waals surface area contributed by atoms with E-state index in [2.05, 4.69) is 15.5 Å². The standard InChI is InChI=1S/C13H15N3O2/c1-17-11-4-2-3-9(7-11)13-15-12(16-18-13)10-5-6-14-8-10/h2-4,7,10,14H,5-6,8H2,1H3. The van der Waals surface area contributed by atoms with Gasteiger partial charge in [-0.3, -0.25) is 0 Å². The van der Waals surface area contributed by atoms with Gasteiger partial charge in [-0.15, -0.1) is 0 Å². The maximum atomic E-state index is 5.32. The van der Waals surface area contributed by atoms with Crippen LogP contribution in [-0.4, -0.2) is 30.3 Å². The monoisotopic (exact) mass is 245 g/mol. The van der Waals surface area contributed by atoms with Crippen LogP contribution in [0.5, 0.6) is 5.75 Å². The summed E-state index contributed by atoms with van der Waals surface area (Å²) in [5.41, 5.74) is 0.888. The lowest BCUT2D eigenvalue weighted by molar-refractivity contribution is 0.410. The quantitative estimate of drug-likeness (QED) is 0.893. The molecule has 0 aliphatic carbocycles. The van der Waals surface area contributed by atoms with Crippen LogP contribution in [0, 0.1) is 0 Å². The molecule has 1 aliphatic rings. The second-order valence-electron chi connectivity index (χ2n) is 4.38. The van der Waals surface area contributed by atoms with Gasteiger partial charge in [-0.2, -0.15) is 4.98 Å². The molecule has 5 heteroatoms. The van der Waals surface area contributed by atoms with Gasteiger partial charge in [-0.1, -0.05) is 11.2 Å². The second-order valence-corrected chi connectivity index (χ2v) is 4.38. The van der Waals surface area contributed by atoms with Crippen molar-refractivity contribution in [3.05, 3.63) is 30.1 Å². The number of hydrogen-bond donors (Lipinski definition) is 1. The minimum Gasteiger partial charge on any atom is -0.497 e. The lowest BCUT2D eigenvalue weighted by atomic mass is 10.1. The summed E-state index contributed by atoms with van der Waals surface area (Å²) in [5.74, 6) is 2.50.